The summed E-state index contributed by atoms with van der Waals surface area (Å²) in [5, 5.41) is 0. The summed E-state index contributed by atoms with van der Waals surface area (Å²) in [5.41, 5.74) is 1.58. The monoisotopic (exact) mass is 121 g/mol. The van der Waals surface area contributed by atoms with Gasteiger partial charge < -0.3 is 0 Å². The Morgan fingerprint density at radius 3 is 2.33 bits per heavy atom. The number of aliphatic imine (C=N–C) groups is 1. The predicted octanol–water partition coefficient (Wildman–Crippen LogP) is 2.33. The van der Waals surface area contributed by atoms with Gasteiger partial charge in [-0.05, 0) is 18.6 Å². The Labute approximate surface area is 56.1 Å². The van der Waals surface area contributed by atoms with Crippen molar-refractivity contribution in [3.63, 3.8) is 0 Å². The second-order valence-corrected chi connectivity index (χ2v) is 1.80. The van der Waals surface area contributed by atoms with E-state index in [0.717, 1.165) is 5.57 Å². The fourth-order valence-corrected chi connectivity index (χ4v) is 0.246. The van der Waals surface area contributed by atoms with Crippen LogP contribution in [-0.2, 0) is 0 Å². The van der Waals surface area contributed by atoms with Gasteiger partial charge in [-0.25, -0.2) is 0 Å². The van der Waals surface area contributed by atoms with E-state index in [-0.39, 0.29) is 0 Å². The van der Waals surface area contributed by atoms with Gasteiger partial charge >= 0.3 is 0 Å². The minimum absolute atomic E-state index is 0.665. The van der Waals surface area contributed by atoms with Gasteiger partial charge in [-0.15, -0.1) is 0 Å². The first-order valence-corrected chi connectivity index (χ1v) is 2.67. The van der Waals surface area contributed by atoms with Gasteiger partial charge in [0.25, 0.3) is 0 Å². The lowest BCUT2D eigenvalue weighted by atomic mass is 10.4. The molecule has 0 saturated heterocycles. The molecule has 0 aliphatic heterocycles. The zero-order valence-electron chi connectivity index (χ0n) is 5.72. The molecule has 0 aliphatic rings. The van der Waals surface area contributed by atoms with E-state index in [2.05, 4.69) is 24.7 Å². The summed E-state index contributed by atoms with van der Waals surface area (Å²) in [4.78, 5) is 3.91. The van der Waals surface area contributed by atoms with Crippen LogP contribution in [0.2, 0.25) is 0 Å². The molecule has 0 aromatic heterocycles. The van der Waals surface area contributed by atoms with E-state index in [9.17, 15) is 0 Å². The Morgan fingerprint density at radius 2 is 2.00 bits per heavy atom. The lowest BCUT2D eigenvalue weighted by molar-refractivity contribution is 1.44. The third kappa shape index (κ3) is 4.75. The SMILES string of the molecule is C=CC(=C)N=CC(=C)C. The standard InChI is InChI=1S/C8H11N/c1-5-8(4)9-6-7(2)3/h5-6H,1-2,4H2,3H3. The van der Waals surface area contributed by atoms with Gasteiger partial charge in [0.1, 0.15) is 0 Å². The van der Waals surface area contributed by atoms with Crippen LogP contribution in [0, 0.1) is 0 Å². The highest BCUT2D eigenvalue weighted by Crippen LogP contribution is 1.91. The summed E-state index contributed by atoms with van der Waals surface area (Å²) in [7, 11) is 0. The topological polar surface area (TPSA) is 12.4 Å². The van der Waals surface area contributed by atoms with Crippen LogP contribution in [0.15, 0.2) is 42.1 Å². The van der Waals surface area contributed by atoms with Crippen LogP contribution in [0.5, 0.6) is 0 Å². The van der Waals surface area contributed by atoms with Crippen LogP contribution < -0.4 is 0 Å². The van der Waals surface area contributed by atoms with Crippen molar-refractivity contribution in [3.05, 3.63) is 37.1 Å². The summed E-state index contributed by atoms with van der Waals surface area (Å²) in [6.07, 6.45) is 3.25. The second kappa shape index (κ2) is 3.84. The molecular weight excluding hydrogens is 110 g/mol. The first kappa shape index (κ1) is 7.89. The Kier molecular flexibility index (Phi) is 3.37. The van der Waals surface area contributed by atoms with Crippen molar-refractivity contribution in [2.45, 2.75) is 6.92 Å². The summed E-state index contributed by atoms with van der Waals surface area (Å²) >= 11 is 0. The Bertz CT molecular complexity index is 163. The maximum Gasteiger partial charge on any atom is 0.0552 e. The number of allylic oxidation sites excluding steroid dienone is 2. The highest BCUT2D eigenvalue weighted by atomic mass is 14.7. The van der Waals surface area contributed by atoms with Crippen LogP contribution in [-0.4, -0.2) is 6.21 Å². The highest BCUT2D eigenvalue weighted by Gasteiger charge is 1.76. The van der Waals surface area contributed by atoms with Gasteiger partial charge in [0.2, 0.25) is 0 Å². The minimum Gasteiger partial charge on any atom is -0.257 e. The van der Waals surface area contributed by atoms with Crippen molar-refractivity contribution in [1.82, 2.24) is 0 Å². The molecule has 0 bridgehead atoms. The first-order valence-electron chi connectivity index (χ1n) is 2.67. The summed E-state index contributed by atoms with van der Waals surface area (Å²) in [6.45, 7) is 12.6. The van der Waals surface area contributed by atoms with Gasteiger partial charge in [0, 0.05) is 6.21 Å². The van der Waals surface area contributed by atoms with Crippen LogP contribution >= 0.6 is 0 Å². The average Bonchev–Trinajstić information content (AvgIpc) is 1.83. The molecule has 0 fully saturated rings. The molecule has 0 N–H and O–H groups in total. The van der Waals surface area contributed by atoms with Crippen molar-refractivity contribution in [1.29, 1.82) is 0 Å². The van der Waals surface area contributed by atoms with E-state index < -0.39 is 0 Å². The second-order valence-electron chi connectivity index (χ2n) is 1.80. The quantitative estimate of drug-likeness (QED) is 0.401. The summed E-state index contributed by atoms with van der Waals surface area (Å²) < 4.78 is 0. The predicted molar refractivity (Wildman–Crippen MR) is 42.6 cm³/mol. The maximum atomic E-state index is 3.91. The molecule has 0 rings (SSSR count). The number of hydrogen-bond donors (Lipinski definition) is 0. The molecule has 0 saturated carbocycles. The van der Waals surface area contributed by atoms with Gasteiger partial charge in [0.05, 0.1) is 5.70 Å². The van der Waals surface area contributed by atoms with Gasteiger partial charge in [0.15, 0.2) is 0 Å². The van der Waals surface area contributed by atoms with Gasteiger partial charge in [-0.1, -0.05) is 19.7 Å². The molecule has 0 spiro atoms. The Balaban J connectivity index is 3.85. The summed E-state index contributed by atoms with van der Waals surface area (Å²) in [6, 6.07) is 0. The number of nitrogens with zero attached hydrogens (tertiary/aromatic N) is 1. The maximum absolute atomic E-state index is 3.91. The highest BCUT2D eigenvalue weighted by molar-refractivity contribution is 5.77. The zero-order chi connectivity index (χ0) is 7.28. The molecule has 0 amide bonds. The van der Waals surface area contributed by atoms with E-state index >= 15 is 0 Å². The first-order chi connectivity index (χ1) is 4.16. The van der Waals surface area contributed by atoms with Crippen molar-refractivity contribution in [2.75, 3.05) is 0 Å². The van der Waals surface area contributed by atoms with Crippen molar-refractivity contribution >= 4 is 6.21 Å². The van der Waals surface area contributed by atoms with Crippen LogP contribution in [0.3, 0.4) is 0 Å². The van der Waals surface area contributed by atoms with E-state index in [1.165, 1.54) is 0 Å². The number of hydrogen-bond acceptors (Lipinski definition) is 1. The van der Waals surface area contributed by atoms with E-state index in [0.29, 0.717) is 5.70 Å². The Morgan fingerprint density at radius 1 is 1.44 bits per heavy atom. The Hall–Kier alpha value is -1.11. The van der Waals surface area contributed by atoms with Crippen LogP contribution in [0.25, 0.3) is 0 Å². The number of rotatable bonds is 3. The molecule has 48 valence electrons. The minimum atomic E-state index is 0.665. The molecule has 1 heteroatoms. The van der Waals surface area contributed by atoms with Gasteiger partial charge in [-0.3, -0.25) is 4.99 Å². The zero-order valence-corrected chi connectivity index (χ0v) is 5.72. The fourth-order valence-electron chi connectivity index (χ4n) is 0.246. The molecule has 9 heavy (non-hydrogen) atoms. The summed E-state index contributed by atoms with van der Waals surface area (Å²) in [5.74, 6) is 0. The lowest BCUT2D eigenvalue weighted by Gasteiger charge is -1.86. The third-order valence-electron chi connectivity index (χ3n) is 0.686. The van der Waals surface area contributed by atoms with Gasteiger partial charge in [-0.2, -0.15) is 0 Å². The molecule has 0 aromatic carbocycles. The lowest BCUT2D eigenvalue weighted by Crippen LogP contribution is -1.73. The van der Waals surface area contributed by atoms with Crippen molar-refractivity contribution in [2.24, 2.45) is 4.99 Å². The fraction of sp³-hybridized carbons (Fsp3) is 0.125. The van der Waals surface area contributed by atoms with Crippen LogP contribution in [0.1, 0.15) is 6.92 Å². The van der Waals surface area contributed by atoms with Crippen molar-refractivity contribution < 1.29 is 0 Å². The molecule has 0 aliphatic carbocycles. The normalized spacial score (nSPS) is 9.44. The van der Waals surface area contributed by atoms with E-state index in [4.69, 9.17) is 0 Å². The average molecular weight is 121 g/mol. The third-order valence-corrected chi connectivity index (χ3v) is 0.686. The van der Waals surface area contributed by atoms with E-state index in [1.54, 1.807) is 12.3 Å². The molecule has 0 aromatic rings. The van der Waals surface area contributed by atoms with Crippen molar-refractivity contribution in [3.8, 4) is 0 Å². The molecule has 0 atom stereocenters. The molecular formula is C8H11N. The molecule has 1 nitrogen and oxygen atoms in total. The van der Waals surface area contributed by atoms with Crippen LogP contribution in [0.4, 0.5) is 0 Å². The molecule has 0 radical (unpaired) electrons. The smallest absolute Gasteiger partial charge is 0.0552 e. The molecule has 0 heterocycles. The largest absolute Gasteiger partial charge is 0.257 e. The molecule has 0 unspecified atom stereocenters. The van der Waals surface area contributed by atoms with E-state index in [1.807, 2.05) is 6.92 Å².